The first-order chi connectivity index (χ1) is 20.7. The number of nitrogens with zero attached hydrogens (tertiary/aromatic N) is 2. The molecule has 0 aliphatic heterocycles. The van der Waals surface area contributed by atoms with Gasteiger partial charge in [-0.05, 0) is 97.4 Å². The molecular weight excluding hydrogens is 575 g/mol. The van der Waals surface area contributed by atoms with Gasteiger partial charge in [0.2, 0.25) is 0 Å². The minimum Gasteiger partial charge on any atom is -0.494 e. The molecule has 0 saturated heterocycles. The number of sulfonamides is 1. The van der Waals surface area contributed by atoms with E-state index in [1.165, 1.54) is 42.6 Å². The van der Waals surface area contributed by atoms with E-state index >= 15 is 0 Å². The van der Waals surface area contributed by atoms with Crippen molar-refractivity contribution >= 4 is 39.4 Å². The van der Waals surface area contributed by atoms with Crippen LogP contribution in [0.2, 0.25) is 0 Å². The van der Waals surface area contributed by atoms with E-state index in [2.05, 4.69) is 15.8 Å². The number of carbonyl (C=O) groups excluding carboxylic acids is 2. The molecule has 4 rings (SSSR count). The molecule has 0 radical (unpaired) electrons. The van der Waals surface area contributed by atoms with Crippen molar-refractivity contribution in [2.75, 3.05) is 29.4 Å². The van der Waals surface area contributed by atoms with E-state index < -0.39 is 34.2 Å². The molecule has 0 atom stereocenters. The highest BCUT2D eigenvalue weighted by molar-refractivity contribution is 7.92. The normalized spacial score (nSPS) is 11.1. The van der Waals surface area contributed by atoms with Crippen molar-refractivity contribution < 1.29 is 31.9 Å². The lowest BCUT2D eigenvalue weighted by Crippen LogP contribution is -2.39. The lowest BCUT2D eigenvalue weighted by Gasteiger charge is -2.23. The van der Waals surface area contributed by atoms with Crippen molar-refractivity contribution in [1.29, 1.82) is 0 Å². The van der Waals surface area contributed by atoms with Crippen LogP contribution >= 0.6 is 0 Å². The van der Waals surface area contributed by atoms with Gasteiger partial charge in [-0.15, -0.1) is 0 Å². The number of rotatable bonds is 13. The van der Waals surface area contributed by atoms with Gasteiger partial charge >= 0.3 is 0 Å². The monoisotopic (exact) mass is 604 g/mol. The van der Waals surface area contributed by atoms with Gasteiger partial charge in [0, 0.05) is 5.69 Å². The molecule has 0 spiro atoms. The maximum atomic E-state index is 13.5. The Morgan fingerprint density at radius 2 is 1.47 bits per heavy atom. The van der Waals surface area contributed by atoms with E-state index in [1.54, 1.807) is 66.7 Å². The number of para-hydroxylation sites is 1. The fraction of sp³-hybridized carbons (Fsp3) is 0.129. The minimum absolute atomic E-state index is 0.00588. The summed E-state index contributed by atoms with van der Waals surface area (Å²) in [6.07, 6.45) is 1.39. The zero-order chi connectivity index (χ0) is 30.7. The summed E-state index contributed by atoms with van der Waals surface area (Å²) in [5.41, 5.74) is 3.74. The third kappa shape index (κ3) is 8.88. The first kappa shape index (κ1) is 30.7. The predicted molar refractivity (Wildman–Crippen MR) is 161 cm³/mol. The van der Waals surface area contributed by atoms with Crippen molar-refractivity contribution in [3.8, 4) is 11.5 Å². The van der Waals surface area contributed by atoms with Crippen molar-refractivity contribution in [2.24, 2.45) is 5.10 Å². The fourth-order valence-corrected chi connectivity index (χ4v) is 5.21. The average molecular weight is 605 g/mol. The molecule has 0 aliphatic rings. The zero-order valence-electron chi connectivity index (χ0n) is 23.1. The van der Waals surface area contributed by atoms with Gasteiger partial charge in [0.25, 0.3) is 21.8 Å². The van der Waals surface area contributed by atoms with Gasteiger partial charge in [0.1, 0.15) is 23.9 Å². The largest absolute Gasteiger partial charge is 0.494 e. The molecule has 0 aromatic heterocycles. The Hall–Kier alpha value is -5.23. The third-order valence-electron chi connectivity index (χ3n) is 5.84. The van der Waals surface area contributed by atoms with Crippen molar-refractivity contribution in [1.82, 2.24) is 5.43 Å². The maximum absolute atomic E-state index is 13.5. The molecule has 4 aromatic rings. The quantitative estimate of drug-likeness (QED) is 0.170. The van der Waals surface area contributed by atoms with Crippen LogP contribution in [0.3, 0.4) is 0 Å². The molecule has 4 aromatic carbocycles. The van der Waals surface area contributed by atoms with Gasteiger partial charge in [-0.25, -0.2) is 18.2 Å². The van der Waals surface area contributed by atoms with Gasteiger partial charge in [0.15, 0.2) is 6.61 Å². The van der Waals surface area contributed by atoms with Crippen LogP contribution in [0.1, 0.15) is 12.5 Å². The summed E-state index contributed by atoms with van der Waals surface area (Å²) in [5.74, 6) is -0.504. The number of carbonyl (C=O) groups is 2. The van der Waals surface area contributed by atoms with Crippen LogP contribution in [-0.2, 0) is 19.6 Å². The lowest BCUT2D eigenvalue weighted by atomic mass is 10.2. The smallest absolute Gasteiger partial charge is 0.264 e. The fourth-order valence-electron chi connectivity index (χ4n) is 3.78. The van der Waals surface area contributed by atoms with Gasteiger partial charge in [-0.1, -0.05) is 18.2 Å². The van der Waals surface area contributed by atoms with Gasteiger partial charge in [-0.3, -0.25) is 13.9 Å². The average Bonchev–Trinajstić information content (AvgIpc) is 3.01. The van der Waals surface area contributed by atoms with E-state index in [1.807, 2.05) is 6.92 Å². The van der Waals surface area contributed by atoms with E-state index in [0.29, 0.717) is 35.0 Å². The molecule has 12 heteroatoms. The third-order valence-corrected chi connectivity index (χ3v) is 7.62. The van der Waals surface area contributed by atoms with Crippen LogP contribution in [-0.4, -0.2) is 46.2 Å². The van der Waals surface area contributed by atoms with Crippen LogP contribution in [0.5, 0.6) is 11.5 Å². The predicted octanol–water partition coefficient (Wildman–Crippen LogP) is 4.59. The summed E-state index contributed by atoms with van der Waals surface area (Å²) in [7, 11) is -4.09. The summed E-state index contributed by atoms with van der Waals surface area (Å²) >= 11 is 0. The van der Waals surface area contributed by atoms with Crippen LogP contribution in [0.4, 0.5) is 15.8 Å². The molecule has 0 unspecified atom stereocenters. The van der Waals surface area contributed by atoms with E-state index in [0.717, 1.165) is 4.31 Å². The molecule has 222 valence electrons. The highest BCUT2D eigenvalue weighted by atomic mass is 32.2. The summed E-state index contributed by atoms with van der Waals surface area (Å²) in [5, 5.41) is 6.54. The number of hydrogen-bond donors (Lipinski definition) is 2. The molecule has 0 aliphatic carbocycles. The van der Waals surface area contributed by atoms with Crippen molar-refractivity contribution in [3.63, 3.8) is 0 Å². The van der Waals surface area contributed by atoms with Crippen LogP contribution in [0, 0.1) is 5.82 Å². The number of anilines is 2. The standard InChI is InChI=1S/C31H29FN4O6S/c1-2-41-27-16-18-29(19-17-27)43(39,40)36(26-6-4-3-5-7-26)21-30(37)35-33-20-23-8-14-28(15-9-23)42-22-31(38)34-25-12-10-24(32)11-13-25/h3-20H,2,21-22H2,1H3,(H,34,38)(H,35,37)/b33-20+. The van der Waals surface area contributed by atoms with Crippen LogP contribution < -0.4 is 24.5 Å². The highest BCUT2D eigenvalue weighted by Gasteiger charge is 2.27. The molecule has 2 amide bonds. The Kier molecular flexibility index (Phi) is 10.4. The Balaban J connectivity index is 1.33. The topological polar surface area (TPSA) is 126 Å². The summed E-state index contributed by atoms with van der Waals surface area (Å²) in [6, 6.07) is 26.2. The second-order valence-electron chi connectivity index (χ2n) is 8.96. The number of amides is 2. The highest BCUT2D eigenvalue weighted by Crippen LogP contribution is 2.25. The second kappa shape index (κ2) is 14.6. The number of hydrazone groups is 1. The van der Waals surface area contributed by atoms with Gasteiger partial charge < -0.3 is 14.8 Å². The number of halogens is 1. The van der Waals surface area contributed by atoms with Crippen LogP contribution in [0.25, 0.3) is 0 Å². The first-order valence-electron chi connectivity index (χ1n) is 13.2. The van der Waals surface area contributed by atoms with Gasteiger partial charge in [-0.2, -0.15) is 5.10 Å². The SMILES string of the molecule is CCOc1ccc(S(=O)(=O)N(CC(=O)N/N=C/c2ccc(OCC(=O)Nc3ccc(F)cc3)cc2)c2ccccc2)cc1. The molecule has 2 N–H and O–H groups in total. The van der Waals surface area contributed by atoms with Crippen molar-refractivity contribution in [2.45, 2.75) is 11.8 Å². The Bertz CT molecular complexity index is 1650. The molecular formula is C31H29FN4O6S. The lowest BCUT2D eigenvalue weighted by molar-refractivity contribution is -0.119. The van der Waals surface area contributed by atoms with Crippen molar-refractivity contribution in [3.05, 3.63) is 115 Å². The molecule has 43 heavy (non-hydrogen) atoms. The first-order valence-corrected chi connectivity index (χ1v) is 14.6. The Morgan fingerprint density at radius 3 is 2.12 bits per heavy atom. The second-order valence-corrected chi connectivity index (χ2v) is 10.8. The molecule has 0 bridgehead atoms. The Morgan fingerprint density at radius 1 is 0.837 bits per heavy atom. The number of hydrogen-bond acceptors (Lipinski definition) is 7. The number of ether oxygens (including phenoxy) is 2. The van der Waals surface area contributed by atoms with Crippen LogP contribution in [0.15, 0.2) is 113 Å². The maximum Gasteiger partial charge on any atom is 0.264 e. The number of nitrogens with one attached hydrogen (secondary N) is 2. The van der Waals surface area contributed by atoms with Gasteiger partial charge in [0.05, 0.1) is 23.4 Å². The van der Waals surface area contributed by atoms with E-state index in [-0.39, 0.29) is 11.5 Å². The molecule has 10 nitrogen and oxygen atoms in total. The zero-order valence-corrected chi connectivity index (χ0v) is 24.0. The summed E-state index contributed by atoms with van der Waals surface area (Å²) < 4.78 is 51.8. The molecule has 0 heterocycles. The number of benzene rings is 4. The van der Waals surface area contributed by atoms with E-state index in [9.17, 15) is 22.4 Å². The summed E-state index contributed by atoms with van der Waals surface area (Å²) in [6.45, 7) is 1.51. The molecule has 0 fully saturated rings. The Labute approximate surface area is 248 Å². The summed E-state index contributed by atoms with van der Waals surface area (Å²) in [4.78, 5) is 24.8. The molecule has 0 saturated carbocycles. The van der Waals surface area contributed by atoms with E-state index in [4.69, 9.17) is 9.47 Å². The minimum atomic E-state index is -4.09.